The third kappa shape index (κ3) is 2.65. The van der Waals surface area contributed by atoms with Gasteiger partial charge in [0.15, 0.2) is 0 Å². The van der Waals surface area contributed by atoms with E-state index in [1.54, 1.807) is 6.92 Å². The van der Waals surface area contributed by atoms with Gasteiger partial charge < -0.3 is 10.5 Å². The minimum Gasteiger partial charge on any atom is -0.465 e. The molecule has 0 aliphatic heterocycles. The first-order valence-electron chi connectivity index (χ1n) is 3.43. The zero-order valence-corrected chi connectivity index (χ0v) is 9.00. The monoisotopic (exact) mass is 222 g/mol. The maximum atomic E-state index is 11.1. The molecule has 0 bridgehead atoms. The Kier molecular flexibility index (Phi) is 4.90. The van der Waals surface area contributed by atoms with E-state index in [1.165, 1.54) is 18.4 Å². The fraction of sp³-hybridized carbons (Fsp3) is 0.429. The standard InChI is InChI=1S/C7H10N2O2S.ClH/c1-4-6(7(10)11-2)12-5(3-8)9-4;/h3,8H2,1-2H3;1H. The summed E-state index contributed by atoms with van der Waals surface area (Å²) in [7, 11) is 1.35. The average Bonchev–Trinajstić information content (AvgIpc) is 2.45. The van der Waals surface area contributed by atoms with Crippen LogP contribution >= 0.6 is 23.7 Å². The van der Waals surface area contributed by atoms with Crippen molar-refractivity contribution in [1.29, 1.82) is 0 Å². The Bertz CT molecular complexity index is 301. The number of esters is 1. The minimum absolute atomic E-state index is 0. The molecule has 74 valence electrons. The summed E-state index contributed by atoms with van der Waals surface area (Å²) < 4.78 is 4.57. The van der Waals surface area contributed by atoms with Crippen LogP contribution in [0.2, 0.25) is 0 Å². The molecule has 0 aliphatic rings. The number of rotatable bonds is 2. The van der Waals surface area contributed by atoms with Crippen molar-refractivity contribution < 1.29 is 9.53 Å². The lowest BCUT2D eigenvalue weighted by Gasteiger charge is -1.93. The summed E-state index contributed by atoms with van der Waals surface area (Å²) in [6.45, 7) is 2.13. The van der Waals surface area contributed by atoms with E-state index in [-0.39, 0.29) is 18.4 Å². The molecule has 1 aromatic rings. The van der Waals surface area contributed by atoms with Gasteiger partial charge >= 0.3 is 5.97 Å². The van der Waals surface area contributed by atoms with Crippen molar-refractivity contribution in [3.05, 3.63) is 15.6 Å². The van der Waals surface area contributed by atoms with Crippen LogP contribution < -0.4 is 5.73 Å². The highest BCUT2D eigenvalue weighted by Crippen LogP contribution is 2.18. The van der Waals surface area contributed by atoms with Gasteiger partial charge in [0, 0.05) is 6.54 Å². The number of nitrogens with two attached hydrogens (primary N) is 1. The van der Waals surface area contributed by atoms with E-state index in [1.807, 2.05) is 0 Å². The summed E-state index contributed by atoms with van der Waals surface area (Å²) in [6.07, 6.45) is 0. The summed E-state index contributed by atoms with van der Waals surface area (Å²) in [5.41, 5.74) is 6.06. The molecule has 13 heavy (non-hydrogen) atoms. The van der Waals surface area contributed by atoms with E-state index >= 15 is 0 Å². The Morgan fingerprint density at radius 3 is 2.69 bits per heavy atom. The Balaban J connectivity index is 0.00000144. The lowest BCUT2D eigenvalue weighted by molar-refractivity contribution is 0.0605. The van der Waals surface area contributed by atoms with Gasteiger partial charge in [-0.15, -0.1) is 23.7 Å². The summed E-state index contributed by atoms with van der Waals surface area (Å²) >= 11 is 1.28. The molecule has 0 amide bonds. The average molecular weight is 223 g/mol. The highest BCUT2D eigenvalue weighted by atomic mass is 35.5. The summed E-state index contributed by atoms with van der Waals surface area (Å²) in [6, 6.07) is 0. The Hall–Kier alpha value is -0.650. The van der Waals surface area contributed by atoms with Crippen LogP contribution in [0.5, 0.6) is 0 Å². The third-order valence-corrected chi connectivity index (χ3v) is 2.55. The van der Waals surface area contributed by atoms with E-state index in [0.29, 0.717) is 17.1 Å². The summed E-state index contributed by atoms with van der Waals surface area (Å²) in [5.74, 6) is -0.343. The minimum atomic E-state index is -0.343. The number of hydrogen-bond donors (Lipinski definition) is 1. The molecule has 6 heteroatoms. The summed E-state index contributed by atoms with van der Waals surface area (Å²) in [4.78, 5) is 15.7. The number of aryl methyl sites for hydroxylation is 1. The smallest absolute Gasteiger partial charge is 0.349 e. The van der Waals surface area contributed by atoms with Crippen LogP contribution in [0.1, 0.15) is 20.4 Å². The van der Waals surface area contributed by atoms with E-state index in [0.717, 1.165) is 5.01 Å². The lowest BCUT2D eigenvalue weighted by atomic mass is 10.4. The van der Waals surface area contributed by atoms with Crippen molar-refractivity contribution >= 4 is 29.7 Å². The first-order valence-corrected chi connectivity index (χ1v) is 4.25. The molecule has 0 fully saturated rings. The molecule has 4 nitrogen and oxygen atoms in total. The Morgan fingerprint density at radius 1 is 1.69 bits per heavy atom. The molecule has 1 heterocycles. The van der Waals surface area contributed by atoms with Crippen LogP contribution in [0, 0.1) is 6.92 Å². The molecule has 1 aromatic heterocycles. The van der Waals surface area contributed by atoms with Crippen LogP contribution in [0.25, 0.3) is 0 Å². The fourth-order valence-corrected chi connectivity index (χ4v) is 1.68. The fourth-order valence-electron chi connectivity index (χ4n) is 0.822. The zero-order chi connectivity index (χ0) is 9.14. The van der Waals surface area contributed by atoms with Gasteiger partial charge in [-0.3, -0.25) is 0 Å². The van der Waals surface area contributed by atoms with E-state index < -0.39 is 0 Å². The molecular weight excluding hydrogens is 212 g/mol. The number of carbonyl (C=O) groups is 1. The molecule has 2 N–H and O–H groups in total. The van der Waals surface area contributed by atoms with Gasteiger partial charge in [0.05, 0.1) is 12.8 Å². The first kappa shape index (κ1) is 12.3. The molecule has 0 aromatic carbocycles. The van der Waals surface area contributed by atoms with Crippen molar-refractivity contribution in [1.82, 2.24) is 4.98 Å². The number of thiazole rings is 1. The Morgan fingerprint density at radius 2 is 2.31 bits per heavy atom. The molecule has 0 saturated carbocycles. The van der Waals surface area contributed by atoms with Crippen molar-refractivity contribution in [2.24, 2.45) is 5.73 Å². The third-order valence-electron chi connectivity index (χ3n) is 1.39. The summed E-state index contributed by atoms with van der Waals surface area (Å²) in [5, 5.41) is 0.757. The van der Waals surface area contributed by atoms with E-state index in [2.05, 4.69) is 9.72 Å². The van der Waals surface area contributed by atoms with E-state index in [9.17, 15) is 4.79 Å². The first-order chi connectivity index (χ1) is 5.69. The zero-order valence-electron chi connectivity index (χ0n) is 7.36. The van der Waals surface area contributed by atoms with Crippen molar-refractivity contribution in [3.8, 4) is 0 Å². The van der Waals surface area contributed by atoms with Gasteiger partial charge in [0.1, 0.15) is 9.88 Å². The van der Waals surface area contributed by atoms with Gasteiger partial charge in [-0.05, 0) is 6.92 Å². The topological polar surface area (TPSA) is 65.2 Å². The van der Waals surface area contributed by atoms with Crippen LogP contribution in [0.15, 0.2) is 0 Å². The number of ether oxygens (including phenoxy) is 1. The molecule has 0 aliphatic carbocycles. The molecule has 0 unspecified atom stereocenters. The number of aromatic nitrogens is 1. The van der Waals surface area contributed by atoms with Gasteiger partial charge in [0.25, 0.3) is 0 Å². The predicted molar refractivity (Wildman–Crippen MR) is 53.3 cm³/mol. The number of hydrogen-bond acceptors (Lipinski definition) is 5. The maximum absolute atomic E-state index is 11.1. The number of halogens is 1. The van der Waals surface area contributed by atoms with Crippen molar-refractivity contribution in [2.75, 3.05) is 7.11 Å². The van der Waals surface area contributed by atoms with Crippen molar-refractivity contribution in [2.45, 2.75) is 13.5 Å². The Labute approximate surface area is 86.5 Å². The van der Waals surface area contributed by atoms with Crippen LogP contribution in [-0.2, 0) is 11.3 Å². The molecule has 0 atom stereocenters. The molecule has 1 rings (SSSR count). The van der Waals surface area contributed by atoms with Crippen LogP contribution in [-0.4, -0.2) is 18.1 Å². The number of nitrogens with zero attached hydrogens (tertiary/aromatic N) is 1. The molecule has 0 radical (unpaired) electrons. The highest BCUT2D eigenvalue weighted by Gasteiger charge is 2.14. The second-order valence-electron chi connectivity index (χ2n) is 2.22. The molecular formula is C7H11ClN2O2S. The lowest BCUT2D eigenvalue weighted by Crippen LogP contribution is -1.99. The van der Waals surface area contributed by atoms with Gasteiger partial charge in [-0.25, -0.2) is 9.78 Å². The maximum Gasteiger partial charge on any atom is 0.349 e. The number of methoxy groups -OCH3 is 1. The van der Waals surface area contributed by atoms with Gasteiger partial charge in [-0.2, -0.15) is 0 Å². The highest BCUT2D eigenvalue weighted by molar-refractivity contribution is 7.13. The normalized spacial score (nSPS) is 9.15. The largest absolute Gasteiger partial charge is 0.465 e. The predicted octanol–water partition coefficient (Wildman–Crippen LogP) is 1.12. The quantitative estimate of drug-likeness (QED) is 0.762. The van der Waals surface area contributed by atoms with Crippen molar-refractivity contribution in [3.63, 3.8) is 0 Å². The number of carbonyl (C=O) groups excluding carboxylic acids is 1. The van der Waals surface area contributed by atoms with Crippen LogP contribution in [0.3, 0.4) is 0 Å². The molecule has 0 saturated heterocycles. The van der Waals surface area contributed by atoms with Crippen LogP contribution in [0.4, 0.5) is 0 Å². The van der Waals surface area contributed by atoms with Gasteiger partial charge in [-0.1, -0.05) is 0 Å². The van der Waals surface area contributed by atoms with Gasteiger partial charge in [0.2, 0.25) is 0 Å². The second-order valence-corrected chi connectivity index (χ2v) is 3.30. The molecule has 0 spiro atoms. The van der Waals surface area contributed by atoms with E-state index in [4.69, 9.17) is 5.73 Å². The second kappa shape index (κ2) is 5.16. The SMILES string of the molecule is COC(=O)c1sc(CN)nc1C.Cl.